The van der Waals surface area contributed by atoms with Crippen LogP contribution in [0.25, 0.3) is 0 Å². The summed E-state index contributed by atoms with van der Waals surface area (Å²) in [4.78, 5) is 61.2. The zero-order valence-electron chi connectivity index (χ0n) is 24.7. The average molecular weight is 621 g/mol. The molecule has 3 amide bonds. The summed E-state index contributed by atoms with van der Waals surface area (Å²) in [6, 6.07) is 23.5. The van der Waals surface area contributed by atoms with Gasteiger partial charge in [-0.3, -0.25) is 19.7 Å². The van der Waals surface area contributed by atoms with Crippen LogP contribution in [0, 0.1) is 10.1 Å². The van der Waals surface area contributed by atoms with Crippen molar-refractivity contribution >= 4 is 29.8 Å². The van der Waals surface area contributed by atoms with Crippen molar-refractivity contribution in [1.82, 2.24) is 15.5 Å². The molecular formula is C32H36N4O9. The van der Waals surface area contributed by atoms with Crippen LogP contribution >= 0.6 is 0 Å². The summed E-state index contributed by atoms with van der Waals surface area (Å²) in [7, 11) is 0. The van der Waals surface area contributed by atoms with Gasteiger partial charge in [0.05, 0.1) is 11.3 Å². The van der Waals surface area contributed by atoms with E-state index < -0.39 is 23.1 Å². The van der Waals surface area contributed by atoms with E-state index in [9.17, 15) is 29.3 Å². The van der Waals surface area contributed by atoms with E-state index >= 15 is 0 Å². The molecule has 45 heavy (non-hydrogen) atoms. The lowest BCUT2D eigenvalue weighted by Gasteiger charge is -2.23. The number of non-ortho nitro benzene ring substituents is 1. The van der Waals surface area contributed by atoms with Crippen LogP contribution in [0.15, 0.2) is 84.9 Å². The number of nitrogens with one attached hydrogen (secondary N) is 2. The summed E-state index contributed by atoms with van der Waals surface area (Å²) in [5, 5.41) is 16.1. The number of hydrogen-bond donors (Lipinski definition) is 2. The van der Waals surface area contributed by atoms with Crippen molar-refractivity contribution in [3.05, 3.63) is 106 Å². The fraction of sp³-hybridized carbons (Fsp3) is 0.312. The Bertz CT molecular complexity index is 1320. The van der Waals surface area contributed by atoms with Gasteiger partial charge in [-0.15, -0.1) is 0 Å². The fourth-order valence-corrected chi connectivity index (χ4v) is 4.02. The van der Waals surface area contributed by atoms with Crippen LogP contribution in [0.1, 0.15) is 36.8 Å². The highest BCUT2D eigenvalue weighted by Crippen LogP contribution is 2.18. The Balaban J connectivity index is 1.42. The van der Waals surface area contributed by atoms with Gasteiger partial charge in [-0.25, -0.2) is 9.59 Å². The van der Waals surface area contributed by atoms with Crippen LogP contribution < -0.4 is 15.4 Å². The summed E-state index contributed by atoms with van der Waals surface area (Å²) in [5.41, 5.74) is 1.57. The molecule has 0 saturated heterocycles. The molecule has 0 saturated carbocycles. The predicted octanol–water partition coefficient (Wildman–Crippen LogP) is 4.74. The van der Waals surface area contributed by atoms with Crippen molar-refractivity contribution in [2.75, 3.05) is 26.2 Å². The number of amides is 3. The average Bonchev–Trinajstić information content (AvgIpc) is 3.05. The molecule has 2 N–H and O–H groups in total. The fourth-order valence-electron chi connectivity index (χ4n) is 4.02. The summed E-state index contributed by atoms with van der Waals surface area (Å²) < 4.78 is 15.6. The maximum atomic E-state index is 13.0. The quantitative estimate of drug-likeness (QED) is 0.0712. The number of nitro groups is 1. The van der Waals surface area contributed by atoms with Gasteiger partial charge >= 0.3 is 18.2 Å². The van der Waals surface area contributed by atoms with E-state index in [1.807, 2.05) is 60.7 Å². The van der Waals surface area contributed by atoms with Gasteiger partial charge in [-0.05, 0) is 36.1 Å². The number of esters is 1. The predicted molar refractivity (Wildman–Crippen MR) is 163 cm³/mol. The summed E-state index contributed by atoms with van der Waals surface area (Å²) >= 11 is 0. The lowest BCUT2D eigenvalue weighted by molar-refractivity contribution is -0.384. The molecule has 0 aromatic heterocycles. The van der Waals surface area contributed by atoms with E-state index in [4.69, 9.17) is 14.2 Å². The van der Waals surface area contributed by atoms with Crippen LogP contribution in [-0.4, -0.2) is 60.1 Å². The van der Waals surface area contributed by atoms with Crippen LogP contribution in [0.5, 0.6) is 5.75 Å². The maximum Gasteiger partial charge on any atom is 0.407 e. The second kappa shape index (κ2) is 18.9. The summed E-state index contributed by atoms with van der Waals surface area (Å²) in [6.07, 6.45) is -0.656. The van der Waals surface area contributed by atoms with E-state index in [0.29, 0.717) is 12.8 Å². The maximum absolute atomic E-state index is 13.0. The number of carbonyl (C=O) groups is 4. The monoisotopic (exact) mass is 620 g/mol. The Kier molecular flexibility index (Phi) is 14.3. The number of nitrogens with zero attached hydrogens (tertiary/aromatic N) is 2. The molecule has 0 aliphatic heterocycles. The van der Waals surface area contributed by atoms with Gasteiger partial charge in [-0.2, -0.15) is 0 Å². The first-order chi connectivity index (χ1) is 21.8. The topological polar surface area (TPSA) is 166 Å². The molecule has 13 heteroatoms. The van der Waals surface area contributed by atoms with E-state index in [2.05, 4.69) is 10.6 Å². The Hall–Kier alpha value is -5.46. The second-order valence-electron chi connectivity index (χ2n) is 9.79. The van der Waals surface area contributed by atoms with Gasteiger partial charge in [0.2, 0.25) is 5.91 Å². The zero-order chi connectivity index (χ0) is 32.3. The minimum Gasteiger partial charge on any atom is -0.445 e. The molecule has 3 aromatic carbocycles. The highest BCUT2D eigenvalue weighted by Gasteiger charge is 2.17. The van der Waals surface area contributed by atoms with Gasteiger partial charge in [0.25, 0.3) is 5.69 Å². The molecule has 0 fully saturated rings. The number of benzene rings is 3. The van der Waals surface area contributed by atoms with Gasteiger partial charge < -0.3 is 29.7 Å². The van der Waals surface area contributed by atoms with Gasteiger partial charge in [0.15, 0.2) is 0 Å². The lowest BCUT2D eigenvalue weighted by Crippen LogP contribution is -2.37. The molecule has 0 bridgehead atoms. The molecule has 0 aliphatic carbocycles. The molecular weight excluding hydrogens is 584 g/mol. The molecule has 0 aliphatic rings. The van der Waals surface area contributed by atoms with E-state index in [1.54, 1.807) is 4.90 Å². The Labute approximate surface area is 260 Å². The summed E-state index contributed by atoms with van der Waals surface area (Å²) in [6.45, 7) is 1.34. The minimum atomic E-state index is -0.664. The number of alkyl carbamates (subject to hydrolysis) is 2. The molecule has 0 radical (unpaired) electrons. The number of ether oxygens (including phenoxy) is 3. The highest BCUT2D eigenvalue weighted by molar-refractivity contribution is 5.82. The lowest BCUT2D eigenvalue weighted by atomic mass is 10.2. The second-order valence-corrected chi connectivity index (χ2v) is 9.79. The summed E-state index contributed by atoms with van der Waals surface area (Å²) in [5.74, 6) is -0.845. The molecule has 3 aromatic rings. The van der Waals surface area contributed by atoms with E-state index in [0.717, 1.165) is 11.1 Å². The van der Waals surface area contributed by atoms with Crippen molar-refractivity contribution in [3.8, 4) is 5.75 Å². The molecule has 0 heterocycles. The SMILES string of the molecule is O=C(CCC(=O)N(CCCNC(=O)OCc1ccccc1)CCCNC(=O)OCc1ccccc1)Oc1ccc([N+](=O)[O-])cc1. The minimum absolute atomic E-state index is 0.130. The standard InChI is InChI=1S/C32H36N4O9/c37-29(17-18-30(38)45-28-15-13-27(14-16-28)36(41)42)35(21-7-19-33-31(39)43-23-25-9-3-1-4-10-25)22-8-20-34-32(40)44-24-26-11-5-2-6-12-26/h1-6,9-16H,7-8,17-24H2,(H,33,39)(H,34,40). The number of hydrogen-bond acceptors (Lipinski definition) is 9. The first-order valence-corrected chi connectivity index (χ1v) is 14.4. The van der Waals surface area contributed by atoms with Crippen molar-refractivity contribution in [1.29, 1.82) is 0 Å². The molecule has 0 spiro atoms. The highest BCUT2D eigenvalue weighted by atomic mass is 16.6. The van der Waals surface area contributed by atoms with Crippen LogP contribution in [0.3, 0.4) is 0 Å². The van der Waals surface area contributed by atoms with Crippen molar-refractivity contribution < 1.29 is 38.3 Å². The van der Waals surface area contributed by atoms with E-state index in [1.165, 1.54) is 24.3 Å². The molecule has 13 nitrogen and oxygen atoms in total. The van der Waals surface area contributed by atoms with Gasteiger partial charge in [0.1, 0.15) is 19.0 Å². The Morgan fingerprint density at radius 3 is 1.64 bits per heavy atom. The first-order valence-electron chi connectivity index (χ1n) is 14.4. The molecule has 0 unspecified atom stereocenters. The van der Waals surface area contributed by atoms with E-state index in [-0.39, 0.29) is 69.6 Å². The normalized spacial score (nSPS) is 10.3. The van der Waals surface area contributed by atoms with Crippen molar-refractivity contribution in [2.45, 2.75) is 38.9 Å². The van der Waals surface area contributed by atoms with Crippen LogP contribution in [-0.2, 0) is 32.3 Å². The van der Waals surface area contributed by atoms with Crippen LogP contribution in [0.4, 0.5) is 15.3 Å². The number of nitro benzene ring substituents is 1. The first kappa shape index (κ1) is 34.0. The Morgan fingerprint density at radius 1 is 0.689 bits per heavy atom. The number of carbonyl (C=O) groups excluding carboxylic acids is 4. The molecule has 3 rings (SSSR count). The third-order valence-corrected chi connectivity index (χ3v) is 6.35. The van der Waals surface area contributed by atoms with Gasteiger partial charge in [0, 0.05) is 44.7 Å². The zero-order valence-corrected chi connectivity index (χ0v) is 24.7. The van der Waals surface area contributed by atoms with Gasteiger partial charge in [-0.1, -0.05) is 60.7 Å². The third-order valence-electron chi connectivity index (χ3n) is 6.35. The smallest absolute Gasteiger partial charge is 0.407 e. The third kappa shape index (κ3) is 13.6. The molecule has 238 valence electrons. The van der Waals surface area contributed by atoms with Crippen LogP contribution in [0.2, 0.25) is 0 Å². The van der Waals surface area contributed by atoms with Crippen molar-refractivity contribution in [2.24, 2.45) is 0 Å². The largest absolute Gasteiger partial charge is 0.445 e. The Morgan fingerprint density at radius 2 is 1.18 bits per heavy atom. The number of rotatable bonds is 17. The molecule has 0 atom stereocenters. The van der Waals surface area contributed by atoms with Crippen molar-refractivity contribution in [3.63, 3.8) is 0 Å².